The van der Waals surface area contributed by atoms with Gasteiger partial charge in [-0.15, -0.1) is 48.4 Å². The topological polar surface area (TPSA) is 109 Å². The molecular weight excluding hydrogens is 671 g/mol. The fourth-order valence-corrected chi connectivity index (χ4v) is 3.64. The molecule has 0 unspecified atom stereocenters. The molecular formula is C31H51BrCl2N6O4. The Labute approximate surface area is 283 Å². The number of carbonyl (C=O) groups is 1. The van der Waals surface area contributed by atoms with Crippen LogP contribution in [0, 0.1) is 46.0 Å². The minimum absolute atomic E-state index is 0. The molecule has 0 spiro atoms. The normalized spacial score (nSPS) is 10.2. The average molecular weight is 723 g/mol. The van der Waals surface area contributed by atoms with Crippen LogP contribution in [0.1, 0.15) is 73.1 Å². The summed E-state index contributed by atoms with van der Waals surface area (Å²) in [6.45, 7) is 11.6. The van der Waals surface area contributed by atoms with E-state index >= 15 is 0 Å². The van der Waals surface area contributed by atoms with Gasteiger partial charge in [0.25, 0.3) is 0 Å². The highest BCUT2D eigenvalue weighted by Crippen LogP contribution is 2.05. The summed E-state index contributed by atoms with van der Waals surface area (Å²) in [4.78, 5) is 11.2. The summed E-state index contributed by atoms with van der Waals surface area (Å²) in [5.74, 6) is 1.93. The van der Waals surface area contributed by atoms with Crippen molar-refractivity contribution < 1.29 is 19.4 Å². The van der Waals surface area contributed by atoms with E-state index in [0.29, 0.717) is 12.3 Å². The maximum Gasteiger partial charge on any atom is 0.356 e. The fourth-order valence-electron chi connectivity index (χ4n) is 3.12. The number of alkyl halides is 3. The van der Waals surface area contributed by atoms with Gasteiger partial charge in [0.15, 0.2) is 0 Å². The largest absolute Gasteiger partial charge is 0.461 e. The minimum Gasteiger partial charge on any atom is -0.461 e. The van der Waals surface area contributed by atoms with Crippen LogP contribution >= 0.6 is 39.1 Å². The number of aliphatic hydroxyl groups is 1. The van der Waals surface area contributed by atoms with Crippen molar-refractivity contribution in [2.75, 3.05) is 25.2 Å². The molecule has 13 heteroatoms. The summed E-state index contributed by atoms with van der Waals surface area (Å²) < 4.78 is 14.8. The van der Waals surface area contributed by atoms with Crippen LogP contribution < -0.4 is 0 Å². The second-order valence-electron chi connectivity index (χ2n) is 8.32. The maximum absolute atomic E-state index is 11.2. The van der Waals surface area contributed by atoms with Gasteiger partial charge in [-0.05, 0) is 65.7 Å². The lowest BCUT2D eigenvalue weighted by molar-refractivity contribution is 0.0513. The van der Waals surface area contributed by atoms with Crippen LogP contribution in [0.15, 0.2) is 18.2 Å². The van der Waals surface area contributed by atoms with Crippen molar-refractivity contribution in [3.05, 3.63) is 52.4 Å². The van der Waals surface area contributed by atoms with Crippen LogP contribution in [-0.2, 0) is 42.6 Å². The van der Waals surface area contributed by atoms with Crippen LogP contribution in [-0.4, -0.2) is 65.6 Å². The first kappa shape index (κ1) is 48.1. The van der Waals surface area contributed by atoms with Crippen molar-refractivity contribution >= 4 is 45.1 Å². The number of aliphatic hydroxyl groups excluding tert-OH is 1. The summed E-state index contributed by atoms with van der Waals surface area (Å²) in [6.07, 6.45) is 15.2. The van der Waals surface area contributed by atoms with Gasteiger partial charge in [-0.2, -0.15) is 15.3 Å². The van der Waals surface area contributed by atoms with E-state index in [1.54, 1.807) is 31.6 Å². The Morgan fingerprint density at radius 3 is 1.57 bits per heavy atom. The lowest BCUT2D eigenvalue weighted by Crippen LogP contribution is -2.10. The number of hydrogen-bond donors (Lipinski definition) is 1. The molecule has 1 fully saturated rings. The number of ether oxygens (including phenoxy) is 2. The van der Waals surface area contributed by atoms with Gasteiger partial charge >= 0.3 is 5.97 Å². The number of esters is 1. The maximum atomic E-state index is 11.2. The molecule has 0 radical (unpaired) electrons. The monoisotopic (exact) mass is 720 g/mol. The molecule has 1 aliphatic heterocycles. The Balaban J connectivity index is -0.000000228. The van der Waals surface area contributed by atoms with E-state index in [1.807, 2.05) is 45.6 Å². The van der Waals surface area contributed by atoms with E-state index in [1.165, 1.54) is 23.2 Å². The average Bonchev–Trinajstić information content (AvgIpc) is 3.77. The molecule has 3 aromatic rings. The van der Waals surface area contributed by atoms with Gasteiger partial charge in [0.1, 0.15) is 5.69 Å². The molecule has 0 bridgehead atoms. The Morgan fingerprint density at radius 2 is 1.36 bits per heavy atom. The molecule has 0 saturated carbocycles. The Hall–Kier alpha value is -2.80. The zero-order valence-electron chi connectivity index (χ0n) is 26.6. The van der Waals surface area contributed by atoms with Gasteiger partial charge in [0, 0.05) is 45.4 Å². The van der Waals surface area contributed by atoms with Crippen molar-refractivity contribution in [2.24, 2.45) is 21.1 Å². The van der Waals surface area contributed by atoms with E-state index in [9.17, 15) is 4.79 Å². The zero-order valence-corrected chi connectivity index (χ0v) is 29.7. The molecule has 0 aromatic carbocycles. The molecule has 250 valence electrons. The molecule has 4 rings (SSSR count). The van der Waals surface area contributed by atoms with Gasteiger partial charge in [0.05, 0.1) is 41.3 Å². The van der Waals surface area contributed by atoms with Crippen molar-refractivity contribution in [3.63, 3.8) is 0 Å². The fraction of sp³-hybridized carbons (Fsp3) is 0.548. The molecule has 1 aliphatic rings. The molecule has 44 heavy (non-hydrogen) atoms. The molecule has 4 heterocycles. The summed E-state index contributed by atoms with van der Waals surface area (Å²) in [5.41, 5.74) is 5.41. The van der Waals surface area contributed by atoms with Crippen LogP contribution in [0.25, 0.3) is 0 Å². The summed E-state index contributed by atoms with van der Waals surface area (Å²) in [5, 5.41) is 22.0. The highest BCUT2D eigenvalue weighted by atomic mass is 79.9. The highest BCUT2D eigenvalue weighted by Gasteiger charge is 2.11. The minimum atomic E-state index is -0.319. The Bertz CT molecular complexity index is 1130. The number of halogens is 3. The van der Waals surface area contributed by atoms with Gasteiger partial charge < -0.3 is 14.6 Å². The smallest absolute Gasteiger partial charge is 0.356 e. The Morgan fingerprint density at radius 1 is 0.977 bits per heavy atom. The van der Waals surface area contributed by atoms with E-state index < -0.39 is 0 Å². The first-order chi connectivity index (χ1) is 20.4. The quantitative estimate of drug-likeness (QED) is 0.186. The summed E-state index contributed by atoms with van der Waals surface area (Å²) in [6, 6.07) is 5.63. The first-order valence-corrected chi connectivity index (χ1v) is 15.4. The number of rotatable bonds is 4. The first-order valence-electron chi connectivity index (χ1n) is 13.2. The number of carbonyl (C=O) groups excluding carboxylic acids is 1. The van der Waals surface area contributed by atoms with Crippen molar-refractivity contribution in [1.82, 2.24) is 29.3 Å². The number of hydrogen-bond acceptors (Lipinski definition) is 7. The molecule has 3 aromatic heterocycles. The molecule has 1 N–H and O–H groups in total. The summed E-state index contributed by atoms with van der Waals surface area (Å²) >= 11 is 12.9. The van der Waals surface area contributed by atoms with Crippen LogP contribution in [0.5, 0.6) is 0 Å². The lowest BCUT2D eigenvalue weighted by atomic mass is 10.4. The predicted octanol–water partition coefficient (Wildman–Crippen LogP) is 6.49. The third-order valence-electron chi connectivity index (χ3n) is 4.81. The van der Waals surface area contributed by atoms with E-state index in [4.69, 9.17) is 37.8 Å². The van der Waals surface area contributed by atoms with E-state index in [0.717, 1.165) is 41.3 Å². The van der Waals surface area contributed by atoms with E-state index in [2.05, 4.69) is 62.5 Å². The number of aromatic nitrogens is 6. The van der Waals surface area contributed by atoms with Crippen molar-refractivity contribution in [3.8, 4) is 25.2 Å². The molecule has 0 amide bonds. The lowest BCUT2D eigenvalue weighted by Gasteiger charge is -2.00. The Kier molecular flexibility index (Phi) is 34.6. The highest BCUT2D eigenvalue weighted by molar-refractivity contribution is 9.08. The second-order valence-corrected chi connectivity index (χ2v) is 9.69. The van der Waals surface area contributed by atoms with Gasteiger partial charge in [-0.25, -0.2) is 4.79 Å². The van der Waals surface area contributed by atoms with Crippen LogP contribution in [0.4, 0.5) is 0 Å². The predicted molar refractivity (Wildman–Crippen MR) is 186 cm³/mol. The standard InChI is InChI=1S/C8H12N2O2.C6H9BrN2.C6H10N2O.C4H8O.C3H4.C2H2.CH2Cl2.CH4/c1-4-12-8(11)7-5-6(2)9-10(7)3;1-5-3-6(4-7)9(2)8-5;1-5-3-6(4-9)8(2)7-5;1-2-4-5-3-1;1-3-2;1-2;2-1-3;/h5H,4H2,1-3H3;3H,4H2,1-2H3;3,9H,4H2,1-2H3;1-4H2;1H,2H3;1-2H;1H2;1H4. The molecule has 0 aliphatic carbocycles. The summed E-state index contributed by atoms with van der Waals surface area (Å²) in [7, 11) is 5.49. The second kappa shape index (κ2) is 31.6. The third-order valence-corrected chi connectivity index (χ3v) is 5.39. The van der Waals surface area contributed by atoms with Crippen molar-refractivity contribution in [1.29, 1.82) is 0 Å². The third kappa shape index (κ3) is 23.6. The van der Waals surface area contributed by atoms with Gasteiger partial charge in [-0.3, -0.25) is 14.0 Å². The molecule has 1 saturated heterocycles. The SMILES string of the molecule is C.C#C.C#CC.C1CCOC1.CCOC(=O)c1cc(C)nn1C.Cc1cc(CBr)n(C)n1.Cc1cc(CO)n(C)n1.ClCCl. The van der Waals surface area contributed by atoms with Crippen LogP contribution in [0.2, 0.25) is 0 Å². The number of aryl methyl sites for hydroxylation is 6. The van der Waals surface area contributed by atoms with Gasteiger partial charge in [-0.1, -0.05) is 23.4 Å². The van der Waals surface area contributed by atoms with E-state index in [-0.39, 0.29) is 25.3 Å². The molecule has 10 nitrogen and oxygen atoms in total. The van der Waals surface area contributed by atoms with Gasteiger partial charge in [0.2, 0.25) is 0 Å². The van der Waals surface area contributed by atoms with Crippen LogP contribution in [0.3, 0.4) is 0 Å². The zero-order chi connectivity index (χ0) is 33.8. The number of nitrogens with zero attached hydrogens (tertiary/aromatic N) is 6. The molecule has 0 atom stereocenters. The van der Waals surface area contributed by atoms with Crippen molar-refractivity contribution in [2.45, 2.75) is 66.8 Å². The number of terminal acetylenes is 2.